The van der Waals surface area contributed by atoms with Crippen LogP contribution in [0.4, 0.5) is 9.59 Å². The highest BCUT2D eigenvalue weighted by molar-refractivity contribution is 5.96. The summed E-state index contributed by atoms with van der Waals surface area (Å²) in [6.45, 7) is 4.98. The summed E-state index contributed by atoms with van der Waals surface area (Å²) >= 11 is 0. The summed E-state index contributed by atoms with van der Waals surface area (Å²) in [5, 5.41) is 26.2. The monoisotopic (exact) mass is 437 g/mol. The Morgan fingerprint density at radius 3 is 1.29 bits per heavy atom. The third-order valence-electron chi connectivity index (χ3n) is 7.60. The lowest BCUT2D eigenvalue weighted by molar-refractivity contribution is -0.143. The molecule has 4 bridgehead atoms. The number of aliphatic carboxylic acids is 2. The molecule has 11 heteroatoms. The van der Waals surface area contributed by atoms with Crippen LogP contribution in [0.25, 0.3) is 0 Å². The molecule has 0 saturated carbocycles. The zero-order valence-corrected chi connectivity index (χ0v) is 17.5. The molecule has 6 heterocycles. The molecule has 6 saturated heterocycles. The van der Waals surface area contributed by atoms with Crippen molar-refractivity contribution >= 4 is 24.0 Å². The quantitative estimate of drug-likeness (QED) is 0.376. The Labute approximate surface area is 180 Å². The fraction of sp³-hybridized carbons (Fsp3) is 0.800. The van der Waals surface area contributed by atoms with E-state index in [2.05, 4.69) is 25.8 Å². The van der Waals surface area contributed by atoms with Crippen molar-refractivity contribution in [2.45, 2.75) is 37.8 Å². The number of piperidine rings is 6. The molecule has 5 N–H and O–H groups in total. The number of urea groups is 2. The van der Waals surface area contributed by atoms with Crippen molar-refractivity contribution in [3.05, 3.63) is 0 Å². The minimum absolute atomic E-state index is 0.215. The van der Waals surface area contributed by atoms with Gasteiger partial charge in [-0.1, -0.05) is 0 Å². The molecule has 4 amide bonds. The molecule has 11 nitrogen and oxygen atoms in total. The fourth-order valence-electron chi connectivity index (χ4n) is 5.94. The molecule has 6 fully saturated rings. The van der Waals surface area contributed by atoms with Crippen LogP contribution in [-0.4, -0.2) is 95.4 Å². The number of imide groups is 1. The largest absolute Gasteiger partial charge is 0.480 e. The van der Waals surface area contributed by atoms with Crippen LogP contribution < -0.4 is 16.0 Å². The van der Waals surface area contributed by atoms with Crippen LogP contribution in [0, 0.1) is 23.7 Å². The molecule has 0 aromatic rings. The van der Waals surface area contributed by atoms with Crippen LogP contribution in [0.3, 0.4) is 0 Å². The second kappa shape index (κ2) is 8.99. The van der Waals surface area contributed by atoms with E-state index in [1.54, 1.807) is 0 Å². The summed E-state index contributed by atoms with van der Waals surface area (Å²) in [7, 11) is 0. The predicted octanol–water partition coefficient (Wildman–Crippen LogP) is -0.415. The SMILES string of the molecule is O=C(NC(=O)NC(C(=O)O)C1CN2CCC1CC2)NC(C(=O)O)C1CN2CCC1CC2. The Hall–Kier alpha value is -2.40. The maximum atomic E-state index is 12.4. The highest BCUT2D eigenvalue weighted by Gasteiger charge is 2.44. The first-order valence-electron chi connectivity index (χ1n) is 11.1. The molecule has 4 unspecified atom stereocenters. The van der Waals surface area contributed by atoms with Gasteiger partial charge in [0.05, 0.1) is 0 Å². The first-order chi connectivity index (χ1) is 14.8. The Morgan fingerprint density at radius 1 is 0.677 bits per heavy atom. The minimum Gasteiger partial charge on any atom is -0.480 e. The van der Waals surface area contributed by atoms with Crippen LogP contribution in [0.5, 0.6) is 0 Å². The van der Waals surface area contributed by atoms with E-state index in [1.165, 1.54) is 0 Å². The topological polar surface area (TPSA) is 151 Å². The van der Waals surface area contributed by atoms with Gasteiger partial charge in [-0.25, -0.2) is 19.2 Å². The van der Waals surface area contributed by atoms with Gasteiger partial charge in [-0.3, -0.25) is 5.32 Å². The average molecular weight is 437 g/mol. The maximum absolute atomic E-state index is 12.4. The number of carbonyl (C=O) groups excluding carboxylic acids is 2. The Bertz CT molecular complexity index is 672. The van der Waals surface area contributed by atoms with Gasteiger partial charge in [0.25, 0.3) is 0 Å². The molecule has 0 radical (unpaired) electrons. The molecular formula is C20H31N5O6. The number of carboxylic acid groups (broad SMARTS) is 2. The Morgan fingerprint density at radius 2 is 1.03 bits per heavy atom. The van der Waals surface area contributed by atoms with Crippen molar-refractivity contribution in [3.63, 3.8) is 0 Å². The number of fused-ring (bicyclic) bond motifs is 6. The average Bonchev–Trinajstić information content (AvgIpc) is 2.77. The standard InChI is InChI=1S/C20H31N5O6/c26-17(27)15(13-9-24-5-1-11(13)2-6-24)21-19(30)23-20(31)22-16(18(28)29)14-10-25-7-3-12(14)4-8-25/h11-16H,1-10H2,(H,26,27)(H,28,29)(H3,21,22,23,30,31). The number of nitrogens with zero attached hydrogens (tertiary/aromatic N) is 2. The number of rotatable bonds is 6. The molecule has 6 aliphatic rings. The van der Waals surface area contributed by atoms with E-state index in [4.69, 9.17) is 0 Å². The number of amides is 4. The third-order valence-corrected chi connectivity index (χ3v) is 7.60. The van der Waals surface area contributed by atoms with Gasteiger partial charge in [0.1, 0.15) is 12.1 Å². The lowest BCUT2D eigenvalue weighted by atomic mass is 9.75. The lowest BCUT2D eigenvalue weighted by Crippen LogP contribution is -2.62. The van der Waals surface area contributed by atoms with Gasteiger partial charge < -0.3 is 30.6 Å². The first kappa shape index (κ1) is 21.8. The maximum Gasteiger partial charge on any atom is 0.326 e. The van der Waals surface area contributed by atoms with E-state index < -0.39 is 36.1 Å². The van der Waals surface area contributed by atoms with Crippen LogP contribution in [0.15, 0.2) is 0 Å². The smallest absolute Gasteiger partial charge is 0.326 e. The summed E-state index contributed by atoms with van der Waals surface area (Å²) < 4.78 is 0. The Kier molecular flexibility index (Phi) is 6.33. The number of hydrogen-bond donors (Lipinski definition) is 5. The van der Waals surface area contributed by atoms with Gasteiger partial charge in [0.2, 0.25) is 0 Å². The van der Waals surface area contributed by atoms with E-state index in [1.807, 2.05) is 0 Å². The summed E-state index contributed by atoms with van der Waals surface area (Å²) in [6.07, 6.45) is 3.60. The molecule has 6 aliphatic heterocycles. The van der Waals surface area contributed by atoms with E-state index in [0.717, 1.165) is 51.9 Å². The van der Waals surface area contributed by atoms with Gasteiger partial charge in [-0.15, -0.1) is 0 Å². The lowest BCUT2D eigenvalue weighted by Gasteiger charge is -2.46. The van der Waals surface area contributed by atoms with Crippen LogP contribution in [0.2, 0.25) is 0 Å². The van der Waals surface area contributed by atoms with Crippen molar-refractivity contribution in [2.75, 3.05) is 39.3 Å². The zero-order chi connectivity index (χ0) is 22.1. The normalized spacial score (nSPS) is 35.6. The van der Waals surface area contributed by atoms with Crippen molar-refractivity contribution < 1.29 is 29.4 Å². The number of carboxylic acids is 2. The van der Waals surface area contributed by atoms with Gasteiger partial charge in [-0.05, 0) is 63.7 Å². The van der Waals surface area contributed by atoms with E-state index in [-0.39, 0.29) is 23.7 Å². The van der Waals surface area contributed by atoms with E-state index in [0.29, 0.717) is 13.1 Å². The Balaban J connectivity index is 1.33. The van der Waals surface area contributed by atoms with Crippen molar-refractivity contribution in [1.82, 2.24) is 25.8 Å². The van der Waals surface area contributed by atoms with Crippen molar-refractivity contribution in [1.29, 1.82) is 0 Å². The van der Waals surface area contributed by atoms with Gasteiger partial charge in [0.15, 0.2) is 0 Å². The molecule has 0 spiro atoms. The highest BCUT2D eigenvalue weighted by Crippen LogP contribution is 2.35. The van der Waals surface area contributed by atoms with E-state index >= 15 is 0 Å². The molecule has 0 aromatic carbocycles. The number of hydrogen-bond acceptors (Lipinski definition) is 6. The molecule has 172 valence electrons. The number of carbonyl (C=O) groups is 4. The molecule has 0 aliphatic carbocycles. The minimum atomic E-state index is -1.13. The van der Waals surface area contributed by atoms with Gasteiger partial charge >= 0.3 is 24.0 Å². The van der Waals surface area contributed by atoms with Gasteiger partial charge in [0, 0.05) is 24.9 Å². The van der Waals surface area contributed by atoms with Crippen LogP contribution in [0.1, 0.15) is 25.7 Å². The molecule has 6 rings (SSSR count). The van der Waals surface area contributed by atoms with Crippen molar-refractivity contribution in [3.8, 4) is 0 Å². The summed E-state index contributed by atoms with van der Waals surface area (Å²) in [4.78, 5) is 52.7. The number of nitrogens with one attached hydrogen (secondary N) is 3. The third kappa shape index (κ3) is 4.77. The second-order valence-corrected chi connectivity index (χ2v) is 9.31. The fourth-order valence-corrected chi connectivity index (χ4v) is 5.94. The summed E-state index contributed by atoms with van der Waals surface area (Å²) in [6, 6.07) is -4.06. The molecule has 0 aromatic heterocycles. The molecular weight excluding hydrogens is 406 g/mol. The molecule has 4 atom stereocenters. The van der Waals surface area contributed by atoms with Crippen LogP contribution >= 0.6 is 0 Å². The zero-order valence-electron chi connectivity index (χ0n) is 17.5. The van der Waals surface area contributed by atoms with E-state index in [9.17, 15) is 29.4 Å². The van der Waals surface area contributed by atoms with Crippen molar-refractivity contribution in [2.24, 2.45) is 23.7 Å². The van der Waals surface area contributed by atoms with Crippen LogP contribution in [-0.2, 0) is 9.59 Å². The predicted molar refractivity (Wildman–Crippen MR) is 108 cm³/mol. The molecule has 31 heavy (non-hydrogen) atoms. The summed E-state index contributed by atoms with van der Waals surface area (Å²) in [5.41, 5.74) is 0. The first-order valence-corrected chi connectivity index (χ1v) is 11.1. The van der Waals surface area contributed by atoms with Gasteiger partial charge in [-0.2, -0.15) is 0 Å². The highest BCUT2D eigenvalue weighted by atomic mass is 16.4. The second-order valence-electron chi connectivity index (χ2n) is 9.31. The summed E-state index contributed by atoms with van der Waals surface area (Å²) in [5.74, 6) is -2.24.